The van der Waals surface area contributed by atoms with Gasteiger partial charge in [-0.3, -0.25) is 0 Å². The average molecular weight is 286 g/mol. The van der Waals surface area contributed by atoms with Gasteiger partial charge in [0.05, 0.1) is 0 Å². The van der Waals surface area contributed by atoms with E-state index >= 15 is 0 Å². The minimum absolute atomic E-state index is 0.279. The van der Waals surface area contributed by atoms with Crippen LogP contribution < -0.4 is 16.8 Å². The number of unbranched alkanes of at least 4 members (excludes halogenated alkanes) is 9. The van der Waals surface area contributed by atoms with Gasteiger partial charge in [0.15, 0.2) is 0 Å². The van der Waals surface area contributed by atoms with E-state index in [1.54, 1.807) is 0 Å². The van der Waals surface area contributed by atoms with Crippen molar-refractivity contribution in [2.45, 2.75) is 90.0 Å². The monoisotopic (exact) mass is 285 g/mol. The molecule has 5 N–H and O–H groups in total. The smallest absolute Gasteiger partial charge is 0.0165 e. The standard InChI is InChI=1S/C17H39N3/c1-2-3-4-5-6-7-8-9-10-11-15-20-16-17(19)13-12-14-18/h17,20H,2-16,18-19H2,1H3/t17-/m1/s1. The molecular weight excluding hydrogens is 246 g/mol. The Bertz CT molecular complexity index is 174. The Kier molecular flexibility index (Phi) is 16.8. The zero-order valence-electron chi connectivity index (χ0n) is 13.8. The van der Waals surface area contributed by atoms with Crippen LogP contribution in [0.3, 0.4) is 0 Å². The van der Waals surface area contributed by atoms with Crippen molar-refractivity contribution in [3.8, 4) is 0 Å². The summed E-state index contributed by atoms with van der Waals surface area (Å²) in [7, 11) is 0. The van der Waals surface area contributed by atoms with Gasteiger partial charge in [-0.05, 0) is 32.4 Å². The topological polar surface area (TPSA) is 64.1 Å². The van der Waals surface area contributed by atoms with Gasteiger partial charge in [0, 0.05) is 12.6 Å². The van der Waals surface area contributed by atoms with Gasteiger partial charge < -0.3 is 16.8 Å². The third-order valence-electron chi connectivity index (χ3n) is 3.89. The van der Waals surface area contributed by atoms with Crippen molar-refractivity contribution in [1.82, 2.24) is 5.32 Å². The second kappa shape index (κ2) is 16.9. The second-order valence-corrected chi connectivity index (χ2v) is 6.08. The maximum absolute atomic E-state index is 5.97. The van der Waals surface area contributed by atoms with Crippen molar-refractivity contribution in [1.29, 1.82) is 0 Å². The third-order valence-corrected chi connectivity index (χ3v) is 3.89. The highest BCUT2D eigenvalue weighted by atomic mass is 14.9. The molecule has 1 atom stereocenters. The molecule has 0 aromatic carbocycles. The molecule has 0 rings (SSSR count). The van der Waals surface area contributed by atoms with Gasteiger partial charge in [-0.2, -0.15) is 0 Å². The highest BCUT2D eigenvalue weighted by Gasteiger charge is 2.00. The van der Waals surface area contributed by atoms with Gasteiger partial charge in [-0.25, -0.2) is 0 Å². The molecule has 3 nitrogen and oxygen atoms in total. The molecule has 0 aliphatic carbocycles. The van der Waals surface area contributed by atoms with E-state index in [1.165, 1.54) is 64.2 Å². The van der Waals surface area contributed by atoms with E-state index in [2.05, 4.69) is 12.2 Å². The molecule has 0 saturated carbocycles. The molecule has 0 aromatic rings. The number of rotatable bonds is 16. The van der Waals surface area contributed by atoms with Crippen LogP contribution in [-0.2, 0) is 0 Å². The summed E-state index contributed by atoms with van der Waals surface area (Å²) in [6, 6.07) is 0.279. The van der Waals surface area contributed by atoms with Gasteiger partial charge >= 0.3 is 0 Å². The fourth-order valence-electron chi connectivity index (χ4n) is 2.51. The molecule has 20 heavy (non-hydrogen) atoms. The van der Waals surface area contributed by atoms with Crippen molar-refractivity contribution in [2.75, 3.05) is 19.6 Å². The predicted octanol–water partition coefficient (Wildman–Crippen LogP) is 3.56. The van der Waals surface area contributed by atoms with E-state index in [-0.39, 0.29) is 6.04 Å². The largest absolute Gasteiger partial charge is 0.330 e. The maximum Gasteiger partial charge on any atom is 0.0165 e. The lowest BCUT2D eigenvalue weighted by atomic mass is 10.1. The first-order chi connectivity index (χ1) is 9.81. The van der Waals surface area contributed by atoms with Gasteiger partial charge in [-0.1, -0.05) is 64.7 Å². The minimum atomic E-state index is 0.279. The fourth-order valence-corrected chi connectivity index (χ4v) is 2.51. The first kappa shape index (κ1) is 19.9. The molecule has 0 bridgehead atoms. The molecular formula is C17H39N3. The Morgan fingerprint density at radius 2 is 1.35 bits per heavy atom. The van der Waals surface area contributed by atoms with E-state index in [0.29, 0.717) is 0 Å². The lowest BCUT2D eigenvalue weighted by Crippen LogP contribution is -2.34. The summed E-state index contributed by atoms with van der Waals surface area (Å²) < 4.78 is 0. The summed E-state index contributed by atoms with van der Waals surface area (Å²) >= 11 is 0. The summed E-state index contributed by atoms with van der Waals surface area (Å²) in [6.45, 7) is 5.09. The van der Waals surface area contributed by atoms with Gasteiger partial charge in [0.2, 0.25) is 0 Å². The van der Waals surface area contributed by atoms with Crippen LogP contribution in [0.2, 0.25) is 0 Å². The maximum atomic E-state index is 5.97. The zero-order valence-corrected chi connectivity index (χ0v) is 13.8. The molecule has 122 valence electrons. The number of hydrogen-bond acceptors (Lipinski definition) is 3. The molecule has 0 aromatic heterocycles. The van der Waals surface area contributed by atoms with Crippen molar-refractivity contribution >= 4 is 0 Å². The molecule has 0 saturated heterocycles. The lowest BCUT2D eigenvalue weighted by molar-refractivity contribution is 0.508. The highest BCUT2D eigenvalue weighted by Crippen LogP contribution is 2.10. The van der Waals surface area contributed by atoms with E-state index in [0.717, 1.165) is 32.5 Å². The molecule has 0 aliphatic heterocycles. The molecule has 3 heteroatoms. The summed E-state index contributed by atoms with van der Waals surface area (Å²) in [4.78, 5) is 0. The summed E-state index contributed by atoms with van der Waals surface area (Å²) in [6.07, 6.45) is 16.1. The number of nitrogens with one attached hydrogen (secondary N) is 1. The summed E-state index contributed by atoms with van der Waals surface area (Å²) in [5.74, 6) is 0. The quantitative estimate of drug-likeness (QED) is 0.380. The zero-order chi connectivity index (χ0) is 14.9. The Hall–Kier alpha value is -0.120. The Labute approximate surface area is 127 Å². The van der Waals surface area contributed by atoms with Crippen LogP contribution in [0.5, 0.6) is 0 Å². The molecule has 0 spiro atoms. The average Bonchev–Trinajstić information content (AvgIpc) is 2.46. The van der Waals surface area contributed by atoms with Gasteiger partial charge in [0.25, 0.3) is 0 Å². The summed E-state index contributed by atoms with van der Waals surface area (Å²) in [5, 5.41) is 3.45. The van der Waals surface area contributed by atoms with Crippen LogP contribution in [0.4, 0.5) is 0 Å². The van der Waals surface area contributed by atoms with Crippen LogP contribution in [0, 0.1) is 0 Å². The second-order valence-electron chi connectivity index (χ2n) is 6.08. The van der Waals surface area contributed by atoms with Crippen molar-refractivity contribution in [2.24, 2.45) is 11.5 Å². The fraction of sp³-hybridized carbons (Fsp3) is 1.00. The van der Waals surface area contributed by atoms with E-state index in [1.807, 2.05) is 0 Å². The van der Waals surface area contributed by atoms with Crippen molar-refractivity contribution < 1.29 is 0 Å². The SMILES string of the molecule is CCCCCCCCCCCCNC[C@H](N)CCCN. The Balaban J connectivity index is 3.02. The first-order valence-electron chi connectivity index (χ1n) is 8.97. The summed E-state index contributed by atoms with van der Waals surface area (Å²) in [5.41, 5.74) is 11.4. The number of hydrogen-bond donors (Lipinski definition) is 3. The normalized spacial score (nSPS) is 12.8. The Morgan fingerprint density at radius 1 is 0.800 bits per heavy atom. The molecule has 0 amide bonds. The molecule has 0 fully saturated rings. The van der Waals surface area contributed by atoms with Crippen LogP contribution in [0.1, 0.15) is 84.0 Å². The molecule has 0 unspecified atom stereocenters. The van der Waals surface area contributed by atoms with Gasteiger partial charge in [-0.15, -0.1) is 0 Å². The van der Waals surface area contributed by atoms with Crippen molar-refractivity contribution in [3.63, 3.8) is 0 Å². The number of nitrogens with two attached hydrogens (primary N) is 2. The van der Waals surface area contributed by atoms with E-state index in [4.69, 9.17) is 11.5 Å². The molecule has 0 aliphatic rings. The molecule has 0 heterocycles. The van der Waals surface area contributed by atoms with Crippen molar-refractivity contribution in [3.05, 3.63) is 0 Å². The minimum Gasteiger partial charge on any atom is -0.330 e. The third kappa shape index (κ3) is 15.9. The highest BCUT2D eigenvalue weighted by molar-refractivity contribution is 4.64. The van der Waals surface area contributed by atoms with Crippen LogP contribution in [0.15, 0.2) is 0 Å². The van der Waals surface area contributed by atoms with Crippen LogP contribution >= 0.6 is 0 Å². The van der Waals surface area contributed by atoms with Gasteiger partial charge in [0.1, 0.15) is 0 Å². The van der Waals surface area contributed by atoms with E-state index < -0.39 is 0 Å². The molecule has 0 radical (unpaired) electrons. The van der Waals surface area contributed by atoms with E-state index in [9.17, 15) is 0 Å². The first-order valence-corrected chi connectivity index (χ1v) is 8.97. The lowest BCUT2D eigenvalue weighted by Gasteiger charge is -2.11. The van der Waals surface area contributed by atoms with Crippen LogP contribution in [0.25, 0.3) is 0 Å². The van der Waals surface area contributed by atoms with Crippen LogP contribution in [-0.4, -0.2) is 25.7 Å². The predicted molar refractivity (Wildman–Crippen MR) is 91.0 cm³/mol. The Morgan fingerprint density at radius 3 is 1.90 bits per heavy atom.